The molecular formula is C10H14O7. The Balaban J connectivity index is 2.43. The van der Waals surface area contributed by atoms with Gasteiger partial charge in [-0.15, -0.1) is 0 Å². The molecule has 1 heterocycles. The number of carbonyl (C=O) groups is 2. The third-order valence-electron chi connectivity index (χ3n) is 2.15. The second-order valence-corrected chi connectivity index (χ2v) is 3.56. The lowest BCUT2D eigenvalue weighted by Gasteiger charge is -2.16. The molecule has 0 spiro atoms. The number of hydrogen-bond acceptors (Lipinski definition) is 7. The normalized spacial score (nSPS) is 21.3. The van der Waals surface area contributed by atoms with Crippen LogP contribution in [0.4, 0.5) is 0 Å². The minimum absolute atomic E-state index is 0.209. The van der Waals surface area contributed by atoms with Gasteiger partial charge in [0.25, 0.3) is 0 Å². The van der Waals surface area contributed by atoms with Crippen molar-refractivity contribution < 1.29 is 34.4 Å². The minimum atomic E-state index is -1.44. The molecule has 0 amide bonds. The van der Waals surface area contributed by atoms with E-state index >= 15 is 0 Å². The number of esters is 1. The Hall–Kier alpha value is -1.76. The van der Waals surface area contributed by atoms with Gasteiger partial charge in [0.15, 0.2) is 6.10 Å². The lowest BCUT2D eigenvalue weighted by Crippen LogP contribution is -2.37. The van der Waals surface area contributed by atoms with Gasteiger partial charge >= 0.3 is 11.9 Å². The SMILES string of the molecule is CCCC(=O)OC[C@H](O)[C@H]1OC(O)=C(O)C1=O. The van der Waals surface area contributed by atoms with E-state index in [4.69, 9.17) is 10.2 Å². The molecule has 96 valence electrons. The average molecular weight is 246 g/mol. The summed E-state index contributed by atoms with van der Waals surface area (Å²) < 4.78 is 9.21. The van der Waals surface area contributed by atoms with Crippen LogP contribution >= 0.6 is 0 Å². The van der Waals surface area contributed by atoms with Gasteiger partial charge in [-0.2, -0.15) is 0 Å². The zero-order chi connectivity index (χ0) is 13.0. The van der Waals surface area contributed by atoms with Crippen molar-refractivity contribution in [2.75, 3.05) is 6.61 Å². The number of hydrogen-bond donors (Lipinski definition) is 3. The monoisotopic (exact) mass is 246 g/mol. The lowest BCUT2D eigenvalue weighted by atomic mass is 10.1. The van der Waals surface area contributed by atoms with E-state index in [2.05, 4.69) is 9.47 Å². The van der Waals surface area contributed by atoms with E-state index < -0.39 is 42.3 Å². The van der Waals surface area contributed by atoms with Crippen molar-refractivity contribution >= 4 is 11.8 Å². The summed E-state index contributed by atoms with van der Waals surface area (Å²) in [7, 11) is 0. The first-order chi connectivity index (χ1) is 7.97. The van der Waals surface area contributed by atoms with E-state index in [1.165, 1.54) is 0 Å². The Morgan fingerprint density at radius 2 is 2.18 bits per heavy atom. The van der Waals surface area contributed by atoms with Crippen LogP contribution in [0.3, 0.4) is 0 Å². The van der Waals surface area contributed by atoms with Crippen molar-refractivity contribution in [1.82, 2.24) is 0 Å². The van der Waals surface area contributed by atoms with Crippen LogP contribution in [-0.2, 0) is 19.1 Å². The van der Waals surface area contributed by atoms with E-state index in [0.29, 0.717) is 6.42 Å². The molecule has 1 aliphatic heterocycles. The fraction of sp³-hybridized carbons (Fsp3) is 0.600. The Kier molecular flexibility index (Phi) is 4.33. The van der Waals surface area contributed by atoms with Gasteiger partial charge in [-0.3, -0.25) is 9.59 Å². The van der Waals surface area contributed by atoms with Crippen molar-refractivity contribution in [1.29, 1.82) is 0 Å². The molecule has 0 unspecified atom stereocenters. The molecule has 0 aromatic carbocycles. The Morgan fingerprint density at radius 1 is 1.53 bits per heavy atom. The van der Waals surface area contributed by atoms with Crippen LogP contribution in [0.15, 0.2) is 11.7 Å². The molecule has 0 saturated heterocycles. The van der Waals surface area contributed by atoms with Crippen LogP contribution in [0.25, 0.3) is 0 Å². The first kappa shape index (κ1) is 13.3. The largest absolute Gasteiger partial charge is 0.499 e. The molecule has 0 bridgehead atoms. The minimum Gasteiger partial charge on any atom is -0.499 e. The molecule has 1 rings (SSSR count). The molecule has 3 N–H and O–H groups in total. The van der Waals surface area contributed by atoms with Crippen LogP contribution in [0, 0.1) is 0 Å². The number of rotatable bonds is 5. The predicted molar refractivity (Wildman–Crippen MR) is 54.0 cm³/mol. The summed E-state index contributed by atoms with van der Waals surface area (Å²) in [5, 5.41) is 27.4. The van der Waals surface area contributed by atoms with Crippen LogP contribution in [0.1, 0.15) is 19.8 Å². The fourth-order valence-corrected chi connectivity index (χ4v) is 1.27. The average Bonchev–Trinajstić information content (AvgIpc) is 2.54. The first-order valence-electron chi connectivity index (χ1n) is 5.14. The fourth-order valence-electron chi connectivity index (χ4n) is 1.27. The molecule has 0 aromatic heterocycles. The van der Waals surface area contributed by atoms with Gasteiger partial charge in [0.1, 0.15) is 12.7 Å². The van der Waals surface area contributed by atoms with Crippen molar-refractivity contribution in [3.8, 4) is 0 Å². The van der Waals surface area contributed by atoms with E-state index in [-0.39, 0.29) is 6.42 Å². The molecule has 0 aliphatic carbocycles. The number of aliphatic hydroxyl groups excluding tert-OH is 3. The predicted octanol–water partition coefficient (Wildman–Crippen LogP) is -0.0564. The quantitative estimate of drug-likeness (QED) is 0.582. The number of Topliss-reactive ketones (excluding diaryl/α,β-unsaturated/α-hetero) is 1. The molecule has 1 aliphatic rings. The van der Waals surface area contributed by atoms with E-state index in [1.54, 1.807) is 6.92 Å². The highest BCUT2D eigenvalue weighted by Gasteiger charge is 2.40. The maximum atomic E-state index is 11.2. The van der Waals surface area contributed by atoms with Crippen LogP contribution in [0.5, 0.6) is 0 Å². The molecular weight excluding hydrogens is 232 g/mol. The molecule has 17 heavy (non-hydrogen) atoms. The lowest BCUT2D eigenvalue weighted by molar-refractivity contribution is -0.152. The maximum Gasteiger partial charge on any atom is 0.325 e. The standard InChI is InChI=1S/C10H14O7/c1-2-3-6(12)16-4-5(11)9-7(13)8(14)10(15)17-9/h5,9,11,14-15H,2-4H2,1H3/t5-,9+/m0/s1. The number of ketones is 1. The summed E-state index contributed by atoms with van der Waals surface area (Å²) >= 11 is 0. The van der Waals surface area contributed by atoms with Crippen LogP contribution < -0.4 is 0 Å². The topological polar surface area (TPSA) is 113 Å². The van der Waals surface area contributed by atoms with Crippen molar-refractivity contribution in [3.63, 3.8) is 0 Å². The smallest absolute Gasteiger partial charge is 0.325 e. The summed E-state index contributed by atoms with van der Waals surface area (Å²) in [4.78, 5) is 22.2. The van der Waals surface area contributed by atoms with Crippen molar-refractivity contribution in [2.24, 2.45) is 0 Å². The summed E-state index contributed by atoms with van der Waals surface area (Å²) in [6.07, 6.45) is -2.06. The molecule has 7 nitrogen and oxygen atoms in total. The van der Waals surface area contributed by atoms with Gasteiger partial charge < -0.3 is 24.8 Å². The second-order valence-electron chi connectivity index (χ2n) is 3.56. The molecule has 7 heteroatoms. The van der Waals surface area contributed by atoms with Crippen molar-refractivity contribution in [2.45, 2.75) is 32.0 Å². The highest BCUT2D eigenvalue weighted by Crippen LogP contribution is 2.20. The highest BCUT2D eigenvalue weighted by atomic mass is 16.6. The second kappa shape index (κ2) is 5.53. The van der Waals surface area contributed by atoms with Gasteiger partial charge in [-0.1, -0.05) is 6.92 Å². The van der Waals surface area contributed by atoms with Gasteiger partial charge in [-0.25, -0.2) is 0 Å². The van der Waals surface area contributed by atoms with Gasteiger partial charge in [0.05, 0.1) is 0 Å². The Bertz CT molecular complexity index is 347. The molecule has 0 radical (unpaired) electrons. The van der Waals surface area contributed by atoms with Crippen LogP contribution in [-0.4, -0.2) is 45.9 Å². The third kappa shape index (κ3) is 3.10. The molecule has 0 aromatic rings. The van der Waals surface area contributed by atoms with E-state index in [0.717, 1.165) is 0 Å². The summed E-state index contributed by atoms with van der Waals surface area (Å²) in [5.74, 6) is -3.31. The van der Waals surface area contributed by atoms with Crippen LogP contribution in [0.2, 0.25) is 0 Å². The Morgan fingerprint density at radius 3 is 2.65 bits per heavy atom. The molecule has 0 fully saturated rings. The summed E-state index contributed by atoms with van der Waals surface area (Å²) in [5.41, 5.74) is 0. The molecule has 0 saturated carbocycles. The molecule has 2 atom stereocenters. The summed E-state index contributed by atoms with van der Waals surface area (Å²) in [6, 6.07) is 0. The van der Waals surface area contributed by atoms with Crippen molar-refractivity contribution in [3.05, 3.63) is 11.7 Å². The number of ether oxygens (including phenoxy) is 2. The zero-order valence-electron chi connectivity index (χ0n) is 9.25. The Labute approximate surface area is 97.3 Å². The summed E-state index contributed by atoms with van der Waals surface area (Å²) in [6.45, 7) is 1.36. The van der Waals surface area contributed by atoms with Gasteiger partial charge in [0, 0.05) is 6.42 Å². The van der Waals surface area contributed by atoms with E-state index in [9.17, 15) is 14.7 Å². The zero-order valence-corrected chi connectivity index (χ0v) is 9.25. The van der Waals surface area contributed by atoms with Gasteiger partial charge in [0.2, 0.25) is 11.5 Å². The number of aliphatic hydroxyl groups is 3. The highest BCUT2D eigenvalue weighted by molar-refractivity contribution is 5.99. The van der Waals surface area contributed by atoms with Gasteiger partial charge in [-0.05, 0) is 6.42 Å². The third-order valence-corrected chi connectivity index (χ3v) is 2.15. The maximum absolute atomic E-state index is 11.2. The number of carbonyl (C=O) groups excluding carboxylic acids is 2. The van der Waals surface area contributed by atoms with E-state index in [1.807, 2.05) is 0 Å². The first-order valence-corrected chi connectivity index (χ1v) is 5.14.